The third-order valence-electron chi connectivity index (χ3n) is 2.93. The lowest BCUT2D eigenvalue weighted by Gasteiger charge is -2.32. The van der Waals surface area contributed by atoms with Gasteiger partial charge in [0.05, 0.1) is 19.1 Å². The van der Waals surface area contributed by atoms with Gasteiger partial charge in [-0.1, -0.05) is 6.92 Å². The largest absolute Gasteiger partial charge is 0.469 e. The van der Waals surface area contributed by atoms with Crippen molar-refractivity contribution in [3.63, 3.8) is 0 Å². The summed E-state index contributed by atoms with van der Waals surface area (Å²) < 4.78 is 10.0. The molecule has 1 saturated heterocycles. The monoisotopic (exact) mass is 215 g/mol. The van der Waals surface area contributed by atoms with E-state index in [0.29, 0.717) is 6.10 Å². The number of rotatable bonds is 4. The SMILES string of the molecule is COC(=O)C(C)CN1CCCC(OC)C1. The standard InChI is InChI=1S/C11H21NO3/c1-9(11(13)15-3)7-12-6-4-5-10(8-12)14-2/h9-10H,4-8H2,1-3H3. The van der Waals surface area contributed by atoms with Crippen LogP contribution in [-0.4, -0.2) is 50.8 Å². The maximum atomic E-state index is 11.3. The lowest BCUT2D eigenvalue weighted by Crippen LogP contribution is -2.42. The smallest absolute Gasteiger partial charge is 0.309 e. The van der Waals surface area contributed by atoms with E-state index in [1.54, 1.807) is 7.11 Å². The molecule has 0 amide bonds. The van der Waals surface area contributed by atoms with Crippen molar-refractivity contribution in [2.24, 2.45) is 5.92 Å². The van der Waals surface area contributed by atoms with Crippen molar-refractivity contribution < 1.29 is 14.3 Å². The van der Waals surface area contributed by atoms with E-state index in [2.05, 4.69) is 4.90 Å². The number of carbonyl (C=O) groups is 1. The van der Waals surface area contributed by atoms with Crippen LogP contribution in [0.25, 0.3) is 0 Å². The van der Waals surface area contributed by atoms with Gasteiger partial charge in [0.1, 0.15) is 0 Å². The van der Waals surface area contributed by atoms with Crippen molar-refractivity contribution in [3.05, 3.63) is 0 Å². The van der Waals surface area contributed by atoms with Gasteiger partial charge in [-0.05, 0) is 19.4 Å². The quantitative estimate of drug-likeness (QED) is 0.653. The molecule has 2 atom stereocenters. The second kappa shape index (κ2) is 6.08. The minimum atomic E-state index is -0.130. The van der Waals surface area contributed by atoms with Crippen molar-refractivity contribution in [1.82, 2.24) is 4.90 Å². The van der Waals surface area contributed by atoms with Gasteiger partial charge in [-0.15, -0.1) is 0 Å². The van der Waals surface area contributed by atoms with Gasteiger partial charge >= 0.3 is 5.97 Å². The van der Waals surface area contributed by atoms with Crippen LogP contribution in [-0.2, 0) is 14.3 Å². The lowest BCUT2D eigenvalue weighted by molar-refractivity contribution is -0.145. The Morgan fingerprint density at radius 3 is 2.87 bits per heavy atom. The Balaban J connectivity index is 2.34. The first-order valence-corrected chi connectivity index (χ1v) is 5.50. The molecule has 15 heavy (non-hydrogen) atoms. The van der Waals surface area contributed by atoms with Gasteiger partial charge in [0.25, 0.3) is 0 Å². The van der Waals surface area contributed by atoms with Gasteiger partial charge in [-0.3, -0.25) is 9.69 Å². The minimum Gasteiger partial charge on any atom is -0.469 e. The van der Waals surface area contributed by atoms with Crippen LogP contribution < -0.4 is 0 Å². The van der Waals surface area contributed by atoms with Gasteiger partial charge in [-0.25, -0.2) is 0 Å². The Morgan fingerprint density at radius 1 is 1.53 bits per heavy atom. The van der Waals surface area contributed by atoms with Crippen molar-refractivity contribution in [2.75, 3.05) is 33.9 Å². The van der Waals surface area contributed by atoms with Crippen LogP contribution in [0.1, 0.15) is 19.8 Å². The van der Waals surface area contributed by atoms with E-state index in [1.807, 2.05) is 6.92 Å². The van der Waals surface area contributed by atoms with Crippen LogP contribution in [0.15, 0.2) is 0 Å². The van der Waals surface area contributed by atoms with Crippen LogP contribution in [0.2, 0.25) is 0 Å². The summed E-state index contributed by atoms with van der Waals surface area (Å²) in [5, 5.41) is 0. The fourth-order valence-electron chi connectivity index (χ4n) is 2.03. The molecule has 1 rings (SSSR count). The molecule has 2 unspecified atom stereocenters. The molecule has 0 aromatic carbocycles. The van der Waals surface area contributed by atoms with Crippen LogP contribution in [0.3, 0.4) is 0 Å². The molecule has 1 aliphatic rings. The van der Waals surface area contributed by atoms with Gasteiger partial charge in [0, 0.05) is 20.2 Å². The molecular weight excluding hydrogens is 194 g/mol. The maximum Gasteiger partial charge on any atom is 0.309 e. The first kappa shape index (κ1) is 12.5. The number of nitrogens with zero attached hydrogens (tertiary/aromatic N) is 1. The van der Waals surface area contributed by atoms with Crippen LogP contribution >= 0.6 is 0 Å². The lowest BCUT2D eigenvalue weighted by atomic mass is 10.1. The highest BCUT2D eigenvalue weighted by Crippen LogP contribution is 2.14. The number of methoxy groups -OCH3 is 2. The molecule has 4 nitrogen and oxygen atoms in total. The number of carbonyl (C=O) groups excluding carboxylic acids is 1. The molecule has 1 fully saturated rings. The molecule has 88 valence electrons. The number of hydrogen-bond donors (Lipinski definition) is 0. The number of hydrogen-bond acceptors (Lipinski definition) is 4. The van der Waals surface area contributed by atoms with E-state index in [-0.39, 0.29) is 11.9 Å². The highest BCUT2D eigenvalue weighted by atomic mass is 16.5. The highest BCUT2D eigenvalue weighted by Gasteiger charge is 2.23. The normalized spacial score (nSPS) is 24.9. The average Bonchev–Trinajstić information content (AvgIpc) is 2.28. The zero-order valence-electron chi connectivity index (χ0n) is 9.86. The van der Waals surface area contributed by atoms with Crippen molar-refractivity contribution in [3.8, 4) is 0 Å². The summed E-state index contributed by atoms with van der Waals surface area (Å²) in [5.74, 6) is -0.180. The van der Waals surface area contributed by atoms with Gasteiger partial charge in [0.15, 0.2) is 0 Å². The predicted molar refractivity (Wildman–Crippen MR) is 57.7 cm³/mol. The Labute approximate surface area is 91.5 Å². The van der Waals surface area contributed by atoms with E-state index in [1.165, 1.54) is 7.11 Å². The first-order valence-electron chi connectivity index (χ1n) is 5.50. The van der Waals surface area contributed by atoms with Crippen molar-refractivity contribution >= 4 is 5.97 Å². The Hall–Kier alpha value is -0.610. The van der Waals surface area contributed by atoms with Gasteiger partial charge in [-0.2, -0.15) is 0 Å². The van der Waals surface area contributed by atoms with Crippen molar-refractivity contribution in [1.29, 1.82) is 0 Å². The topological polar surface area (TPSA) is 38.8 Å². The summed E-state index contributed by atoms with van der Waals surface area (Å²) in [6, 6.07) is 0. The van der Waals surface area contributed by atoms with Crippen LogP contribution in [0.5, 0.6) is 0 Å². The Kier molecular flexibility index (Phi) is 5.05. The summed E-state index contributed by atoms with van der Waals surface area (Å²) in [5.41, 5.74) is 0. The van der Waals surface area contributed by atoms with E-state index < -0.39 is 0 Å². The molecule has 0 aliphatic carbocycles. The highest BCUT2D eigenvalue weighted by molar-refractivity contribution is 5.72. The van der Waals surface area contributed by atoms with Crippen LogP contribution in [0.4, 0.5) is 0 Å². The summed E-state index contributed by atoms with van der Waals surface area (Å²) >= 11 is 0. The van der Waals surface area contributed by atoms with E-state index in [0.717, 1.165) is 32.5 Å². The third kappa shape index (κ3) is 3.80. The maximum absolute atomic E-state index is 11.3. The number of ether oxygens (including phenoxy) is 2. The predicted octanol–water partition coefficient (Wildman–Crippen LogP) is 0.906. The molecule has 0 spiro atoms. The minimum absolute atomic E-state index is 0.0504. The fraction of sp³-hybridized carbons (Fsp3) is 0.909. The molecule has 0 aromatic rings. The van der Waals surface area contributed by atoms with Gasteiger partial charge in [0.2, 0.25) is 0 Å². The Morgan fingerprint density at radius 2 is 2.27 bits per heavy atom. The molecule has 0 saturated carbocycles. The number of esters is 1. The van der Waals surface area contributed by atoms with Gasteiger partial charge < -0.3 is 9.47 Å². The van der Waals surface area contributed by atoms with E-state index in [9.17, 15) is 4.79 Å². The summed E-state index contributed by atoms with van der Waals surface area (Å²) in [6.07, 6.45) is 2.59. The van der Waals surface area contributed by atoms with Crippen LogP contribution in [0, 0.1) is 5.92 Å². The fourth-order valence-corrected chi connectivity index (χ4v) is 2.03. The molecule has 0 radical (unpaired) electrons. The molecule has 0 aromatic heterocycles. The van der Waals surface area contributed by atoms with E-state index >= 15 is 0 Å². The summed E-state index contributed by atoms with van der Waals surface area (Å²) in [7, 11) is 3.19. The Bertz CT molecular complexity index is 208. The molecule has 4 heteroatoms. The number of likely N-dealkylation sites (tertiary alicyclic amines) is 1. The van der Waals surface area contributed by atoms with E-state index in [4.69, 9.17) is 9.47 Å². The second-order valence-electron chi connectivity index (χ2n) is 4.18. The molecule has 1 heterocycles. The first-order chi connectivity index (χ1) is 7.17. The molecular formula is C11H21NO3. The van der Waals surface area contributed by atoms with Crippen molar-refractivity contribution in [2.45, 2.75) is 25.9 Å². The third-order valence-corrected chi connectivity index (χ3v) is 2.93. The zero-order chi connectivity index (χ0) is 11.3. The summed E-state index contributed by atoms with van der Waals surface area (Å²) in [6.45, 7) is 4.66. The average molecular weight is 215 g/mol. The second-order valence-corrected chi connectivity index (χ2v) is 4.18. The zero-order valence-corrected chi connectivity index (χ0v) is 9.86. The molecule has 0 bridgehead atoms. The summed E-state index contributed by atoms with van der Waals surface area (Å²) in [4.78, 5) is 13.5. The molecule has 0 N–H and O–H groups in total. The number of piperidine rings is 1. The molecule has 1 aliphatic heterocycles.